The summed E-state index contributed by atoms with van der Waals surface area (Å²) >= 11 is 9.21. The van der Waals surface area contributed by atoms with E-state index in [0.717, 1.165) is 4.47 Å². The molecule has 20 heavy (non-hydrogen) atoms. The first kappa shape index (κ1) is 14.6. The van der Waals surface area contributed by atoms with Gasteiger partial charge >= 0.3 is 5.97 Å². The minimum Gasteiger partial charge on any atom is -0.457 e. The normalized spacial score (nSPS) is 10.1. The van der Waals surface area contributed by atoms with Crippen LogP contribution in [0.5, 0.6) is 0 Å². The van der Waals surface area contributed by atoms with E-state index in [1.54, 1.807) is 24.3 Å². The van der Waals surface area contributed by atoms with Crippen molar-refractivity contribution in [2.45, 2.75) is 0 Å². The molecule has 0 aliphatic heterocycles. The Morgan fingerprint density at radius 3 is 2.80 bits per heavy atom. The largest absolute Gasteiger partial charge is 0.457 e. The summed E-state index contributed by atoms with van der Waals surface area (Å²) in [4.78, 5) is 23.1. The highest BCUT2D eigenvalue weighted by Gasteiger charge is 2.13. The van der Waals surface area contributed by atoms with E-state index in [1.807, 2.05) is 0 Å². The Morgan fingerprint density at radius 2 is 2.15 bits per heavy atom. The number of benzene rings is 1. The van der Waals surface area contributed by atoms with Crippen molar-refractivity contribution in [2.24, 2.45) is 0 Å². The van der Waals surface area contributed by atoms with E-state index in [1.165, 1.54) is 12.3 Å². The number of amides is 1. The fourth-order valence-electron chi connectivity index (χ4n) is 1.37. The van der Waals surface area contributed by atoms with E-state index < -0.39 is 18.5 Å². The number of ether oxygens (including phenoxy) is 1. The van der Waals surface area contributed by atoms with Gasteiger partial charge in [0.1, 0.15) is 0 Å². The second-order valence-corrected chi connectivity index (χ2v) is 5.05. The number of carbonyl (C=O) groups is 2. The summed E-state index contributed by atoms with van der Waals surface area (Å²) in [6, 6.07) is 8.02. The monoisotopic (exact) mass is 357 g/mol. The van der Waals surface area contributed by atoms with Gasteiger partial charge in [0.05, 0.1) is 17.0 Å². The number of anilines is 1. The van der Waals surface area contributed by atoms with Crippen molar-refractivity contribution in [1.29, 1.82) is 0 Å². The zero-order valence-corrected chi connectivity index (χ0v) is 12.4. The van der Waals surface area contributed by atoms with Crippen LogP contribution in [0, 0.1) is 0 Å². The lowest BCUT2D eigenvalue weighted by molar-refractivity contribution is -0.119. The van der Waals surface area contributed by atoms with E-state index in [0.29, 0.717) is 10.7 Å². The van der Waals surface area contributed by atoms with Crippen LogP contribution in [0.15, 0.2) is 45.5 Å². The lowest BCUT2D eigenvalue weighted by Crippen LogP contribution is -2.20. The molecule has 0 saturated carbocycles. The molecule has 0 saturated heterocycles. The average molecular weight is 359 g/mol. The number of halogens is 2. The lowest BCUT2D eigenvalue weighted by Gasteiger charge is -2.07. The molecule has 0 bridgehead atoms. The second-order valence-electron chi connectivity index (χ2n) is 3.73. The summed E-state index contributed by atoms with van der Waals surface area (Å²) in [6.45, 7) is -0.425. The number of nitrogens with one attached hydrogen (secondary N) is 1. The molecule has 5 nitrogen and oxygen atoms in total. The van der Waals surface area contributed by atoms with Crippen molar-refractivity contribution in [3.05, 3.63) is 51.9 Å². The Labute approximate surface area is 128 Å². The maximum absolute atomic E-state index is 11.6. The van der Waals surface area contributed by atoms with Crippen molar-refractivity contribution < 1.29 is 18.7 Å². The summed E-state index contributed by atoms with van der Waals surface area (Å²) in [6.07, 6.45) is 1.35. The highest BCUT2D eigenvalue weighted by Crippen LogP contribution is 2.25. The molecular formula is C13H9BrClNO4. The number of esters is 1. The topological polar surface area (TPSA) is 68.5 Å². The summed E-state index contributed by atoms with van der Waals surface area (Å²) in [5.74, 6) is -1.15. The smallest absolute Gasteiger partial charge is 0.374 e. The maximum atomic E-state index is 11.6. The fourth-order valence-corrected chi connectivity index (χ4v) is 2.09. The van der Waals surface area contributed by atoms with Gasteiger partial charge in [-0.3, -0.25) is 4.79 Å². The zero-order valence-electron chi connectivity index (χ0n) is 10.1. The van der Waals surface area contributed by atoms with Crippen LogP contribution in [-0.2, 0) is 9.53 Å². The standard InChI is InChI=1S/C13H9BrClNO4/c14-8-3-4-10(9(15)6-8)16-12(17)7-20-13(18)11-2-1-5-19-11/h1-6H,7H2,(H,16,17). The third kappa shape index (κ3) is 3.85. The first-order chi connectivity index (χ1) is 9.56. The highest BCUT2D eigenvalue weighted by molar-refractivity contribution is 9.10. The van der Waals surface area contributed by atoms with Gasteiger partial charge in [0.15, 0.2) is 6.61 Å². The van der Waals surface area contributed by atoms with Gasteiger partial charge in [-0.1, -0.05) is 27.5 Å². The molecule has 0 atom stereocenters. The average Bonchev–Trinajstić information content (AvgIpc) is 2.93. The van der Waals surface area contributed by atoms with Crippen molar-refractivity contribution in [1.82, 2.24) is 0 Å². The van der Waals surface area contributed by atoms with Gasteiger partial charge in [-0.2, -0.15) is 0 Å². The summed E-state index contributed by atoms with van der Waals surface area (Å²) in [5.41, 5.74) is 0.439. The molecular weight excluding hydrogens is 350 g/mol. The molecule has 104 valence electrons. The summed E-state index contributed by atoms with van der Waals surface area (Å²) in [7, 11) is 0. The fraction of sp³-hybridized carbons (Fsp3) is 0.0769. The van der Waals surface area contributed by atoms with Gasteiger partial charge in [-0.05, 0) is 30.3 Å². The number of rotatable bonds is 4. The van der Waals surface area contributed by atoms with Crippen LogP contribution in [0.25, 0.3) is 0 Å². The third-order valence-corrected chi connectivity index (χ3v) is 3.07. The van der Waals surface area contributed by atoms with Gasteiger partial charge in [-0.15, -0.1) is 0 Å². The van der Waals surface area contributed by atoms with E-state index >= 15 is 0 Å². The predicted molar refractivity (Wildman–Crippen MR) is 76.8 cm³/mol. The number of carbonyl (C=O) groups excluding carboxylic acids is 2. The van der Waals surface area contributed by atoms with Crippen molar-refractivity contribution in [2.75, 3.05) is 11.9 Å². The number of hydrogen-bond donors (Lipinski definition) is 1. The van der Waals surface area contributed by atoms with Crippen LogP contribution in [-0.4, -0.2) is 18.5 Å². The minimum atomic E-state index is -0.702. The van der Waals surface area contributed by atoms with Gasteiger partial charge in [0.25, 0.3) is 5.91 Å². The first-order valence-electron chi connectivity index (χ1n) is 5.52. The molecule has 2 rings (SSSR count). The summed E-state index contributed by atoms with van der Waals surface area (Å²) in [5, 5.41) is 2.92. The van der Waals surface area contributed by atoms with E-state index in [9.17, 15) is 9.59 Å². The van der Waals surface area contributed by atoms with Gasteiger partial charge < -0.3 is 14.5 Å². The van der Waals surface area contributed by atoms with E-state index in [-0.39, 0.29) is 5.76 Å². The van der Waals surface area contributed by atoms with Crippen molar-refractivity contribution in [3.8, 4) is 0 Å². The number of furan rings is 1. The Morgan fingerprint density at radius 1 is 1.35 bits per heavy atom. The van der Waals surface area contributed by atoms with E-state index in [4.69, 9.17) is 20.8 Å². The van der Waals surface area contributed by atoms with Crippen molar-refractivity contribution in [3.63, 3.8) is 0 Å². The molecule has 1 amide bonds. The van der Waals surface area contributed by atoms with Gasteiger partial charge in [0.2, 0.25) is 5.76 Å². The van der Waals surface area contributed by atoms with Gasteiger partial charge in [0, 0.05) is 4.47 Å². The lowest BCUT2D eigenvalue weighted by atomic mass is 10.3. The van der Waals surface area contributed by atoms with Crippen molar-refractivity contribution >= 4 is 45.1 Å². The zero-order chi connectivity index (χ0) is 14.5. The SMILES string of the molecule is O=C(COC(=O)c1ccco1)Nc1ccc(Br)cc1Cl. The van der Waals surface area contributed by atoms with Crippen LogP contribution in [0.3, 0.4) is 0 Å². The quantitative estimate of drug-likeness (QED) is 0.850. The molecule has 0 aliphatic carbocycles. The predicted octanol–water partition coefficient (Wildman–Crippen LogP) is 3.49. The van der Waals surface area contributed by atoms with Crippen LogP contribution in [0.4, 0.5) is 5.69 Å². The molecule has 1 aromatic heterocycles. The molecule has 1 aromatic carbocycles. The van der Waals surface area contributed by atoms with Gasteiger partial charge in [-0.25, -0.2) is 4.79 Å². The third-order valence-electron chi connectivity index (χ3n) is 2.26. The molecule has 7 heteroatoms. The Bertz CT molecular complexity index is 627. The Kier molecular flexibility index (Phi) is 4.81. The van der Waals surface area contributed by atoms with Crippen LogP contribution in [0.2, 0.25) is 5.02 Å². The van der Waals surface area contributed by atoms with Crippen LogP contribution >= 0.6 is 27.5 Å². The van der Waals surface area contributed by atoms with Crippen LogP contribution in [0.1, 0.15) is 10.6 Å². The van der Waals surface area contributed by atoms with Crippen LogP contribution < -0.4 is 5.32 Å². The second kappa shape index (κ2) is 6.58. The molecule has 1 heterocycles. The molecule has 0 unspecified atom stereocenters. The number of hydrogen-bond acceptors (Lipinski definition) is 4. The Hall–Kier alpha value is -1.79. The molecule has 0 fully saturated rings. The van der Waals surface area contributed by atoms with E-state index in [2.05, 4.69) is 21.2 Å². The highest BCUT2D eigenvalue weighted by atomic mass is 79.9. The molecule has 0 aliphatic rings. The Balaban J connectivity index is 1.88. The minimum absolute atomic E-state index is 0.0412. The molecule has 1 N–H and O–H groups in total. The molecule has 0 spiro atoms. The molecule has 0 radical (unpaired) electrons. The summed E-state index contributed by atoms with van der Waals surface area (Å²) < 4.78 is 10.4. The molecule has 2 aromatic rings. The first-order valence-corrected chi connectivity index (χ1v) is 6.69. The maximum Gasteiger partial charge on any atom is 0.374 e.